The average Bonchev–Trinajstić information content (AvgIpc) is 2.86. The molecule has 1 unspecified atom stereocenters. The van der Waals surface area contributed by atoms with Gasteiger partial charge in [0.05, 0.1) is 0 Å². The molecule has 1 aliphatic carbocycles. The molecule has 0 spiro atoms. The van der Waals surface area contributed by atoms with Crippen LogP contribution < -0.4 is 0 Å². The predicted molar refractivity (Wildman–Crippen MR) is 47.4 cm³/mol. The third-order valence-electron chi connectivity index (χ3n) is 2.58. The molecule has 1 saturated carbocycles. The zero-order valence-electron chi connectivity index (χ0n) is 8.42. The molecule has 0 amide bonds. The van der Waals surface area contributed by atoms with E-state index in [2.05, 4.69) is 0 Å². The summed E-state index contributed by atoms with van der Waals surface area (Å²) in [6.07, 6.45) is -2.91. The second-order valence-electron chi connectivity index (χ2n) is 3.75. The van der Waals surface area contributed by atoms with Gasteiger partial charge in [0.25, 0.3) is 0 Å². The molecule has 0 saturated heterocycles. The number of hydrogen-bond donors (Lipinski definition) is 1. The third kappa shape index (κ3) is 3.37. The van der Waals surface area contributed by atoms with Crippen LogP contribution in [0.3, 0.4) is 0 Å². The largest absolute Gasteiger partial charge is 0.481 e. The molecule has 0 aliphatic heterocycles. The molecular formula is C9H14F3NO2. The zero-order valence-corrected chi connectivity index (χ0v) is 8.42. The van der Waals surface area contributed by atoms with Gasteiger partial charge in [0.1, 0.15) is 0 Å². The van der Waals surface area contributed by atoms with E-state index in [4.69, 9.17) is 5.11 Å². The maximum atomic E-state index is 12.3. The van der Waals surface area contributed by atoms with Gasteiger partial charge in [0.15, 0.2) is 5.92 Å². The first-order chi connectivity index (χ1) is 6.86. The second-order valence-corrected chi connectivity index (χ2v) is 3.75. The molecule has 0 aromatic carbocycles. The van der Waals surface area contributed by atoms with E-state index >= 15 is 0 Å². The van der Waals surface area contributed by atoms with Gasteiger partial charge < -0.3 is 5.11 Å². The highest BCUT2D eigenvalue weighted by Crippen LogP contribution is 2.32. The van der Waals surface area contributed by atoms with Crippen LogP contribution >= 0.6 is 0 Å². The Morgan fingerprint density at radius 1 is 1.53 bits per heavy atom. The molecule has 6 heteroatoms. The predicted octanol–water partition coefficient (Wildman–Crippen LogP) is 1.73. The van der Waals surface area contributed by atoms with Crippen molar-refractivity contribution in [3.63, 3.8) is 0 Å². The molecule has 1 rings (SSSR count). The maximum absolute atomic E-state index is 12.3. The zero-order chi connectivity index (χ0) is 11.6. The lowest BCUT2D eigenvalue weighted by molar-refractivity contribution is -0.196. The van der Waals surface area contributed by atoms with Crippen LogP contribution in [0, 0.1) is 5.92 Å². The Labute approximate surface area is 85.9 Å². The van der Waals surface area contributed by atoms with Crippen molar-refractivity contribution < 1.29 is 23.1 Å². The molecule has 0 aromatic heterocycles. The summed E-state index contributed by atoms with van der Waals surface area (Å²) in [5, 5.41) is 8.51. The smallest absolute Gasteiger partial charge is 0.403 e. The number of carboxylic acid groups (broad SMARTS) is 1. The van der Waals surface area contributed by atoms with E-state index in [1.54, 1.807) is 11.8 Å². The topological polar surface area (TPSA) is 40.5 Å². The first kappa shape index (κ1) is 12.3. The molecule has 88 valence electrons. The fourth-order valence-corrected chi connectivity index (χ4v) is 1.53. The van der Waals surface area contributed by atoms with Gasteiger partial charge in [-0.1, -0.05) is 6.92 Å². The third-order valence-corrected chi connectivity index (χ3v) is 2.58. The average molecular weight is 225 g/mol. The van der Waals surface area contributed by atoms with Crippen molar-refractivity contribution in [2.24, 2.45) is 5.92 Å². The lowest BCUT2D eigenvalue weighted by atomic mass is 10.1. The van der Waals surface area contributed by atoms with E-state index in [1.807, 2.05) is 0 Å². The summed E-state index contributed by atoms with van der Waals surface area (Å²) < 4.78 is 37.0. The van der Waals surface area contributed by atoms with Gasteiger partial charge in [-0.05, 0) is 19.4 Å². The number of rotatable bonds is 5. The quantitative estimate of drug-likeness (QED) is 0.774. The summed E-state index contributed by atoms with van der Waals surface area (Å²) in [5.41, 5.74) is 0. The summed E-state index contributed by atoms with van der Waals surface area (Å²) in [6, 6.07) is 0.152. The number of halogens is 3. The van der Waals surface area contributed by atoms with E-state index in [-0.39, 0.29) is 6.04 Å². The van der Waals surface area contributed by atoms with E-state index in [1.165, 1.54) is 0 Å². The van der Waals surface area contributed by atoms with Crippen LogP contribution in [0.15, 0.2) is 0 Å². The van der Waals surface area contributed by atoms with Crippen LogP contribution in [-0.4, -0.2) is 41.3 Å². The van der Waals surface area contributed by atoms with Gasteiger partial charge in [-0.3, -0.25) is 9.69 Å². The number of hydrogen-bond acceptors (Lipinski definition) is 2. The number of nitrogens with zero attached hydrogens (tertiary/aromatic N) is 1. The Morgan fingerprint density at radius 3 is 2.33 bits per heavy atom. The number of aliphatic carboxylic acids is 1. The fraction of sp³-hybridized carbons (Fsp3) is 0.889. The van der Waals surface area contributed by atoms with E-state index in [9.17, 15) is 18.0 Å². The highest BCUT2D eigenvalue weighted by atomic mass is 19.4. The minimum absolute atomic E-state index is 0.152. The van der Waals surface area contributed by atoms with Gasteiger partial charge in [-0.25, -0.2) is 0 Å². The fourth-order valence-electron chi connectivity index (χ4n) is 1.53. The van der Waals surface area contributed by atoms with Gasteiger partial charge in [-0.15, -0.1) is 0 Å². The van der Waals surface area contributed by atoms with Crippen molar-refractivity contribution in [2.75, 3.05) is 13.1 Å². The first-order valence-corrected chi connectivity index (χ1v) is 4.89. The minimum Gasteiger partial charge on any atom is -0.481 e. The Kier molecular flexibility index (Phi) is 3.59. The molecule has 1 N–H and O–H groups in total. The van der Waals surface area contributed by atoms with Gasteiger partial charge in [0, 0.05) is 12.6 Å². The highest BCUT2D eigenvalue weighted by Gasteiger charge is 2.47. The molecule has 1 atom stereocenters. The lowest BCUT2D eigenvalue weighted by Crippen LogP contribution is -2.42. The molecule has 0 heterocycles. The molecule has 0 radical (unpaired) electrons. The van der Waals surface area contributed by atoms with Crippen LogP contribution in [0.25, 0.3) is 0 Å². The van der Waals surface area contributed by atoms with Crippen LogP contribution in [0.5, 0.6) is 0 Å². The van der Waals surface area contributed by atoms with Crippen molar-refractivity contribution in [1.29, 1.82) is 0 Å². The molecule has 1 aliphatic rings. The summed E-state index contributed by atoms with van der Waals surface area (Å²) >= 11 is 0. The highest BCUT2D eigenvalue weighted by molar-refractivity contribution is 5.71. The van der Waals surface area contributed by atoms with E-state index in [0.29, 0.717) is 6.54 Å². The number of alkyl halides is 3. The summed E-state index contributed by atoms with van der Waals surface area (Å²) in [7, 11) is 0. The van der Waals surface area contributed by atoms with Crippen LogP contribution in [0.1, 0.15) is 19.8 Å². The molecular weight excluding hydrogens is 211 g/mol. The SMILES string of the molecule is CCN(CC(C(=O)O)C(F)(F)F)C1CC1. The maximum Gasteiger partial charge on any atom is 0.403 e. The minimum atomic E-state index is -4.66. The molecule has 3 nitrogen and oxygen atoms in total. The molecule has 0 aromatic rings. The Morgan fingerprint density at radius 2 is 2.07 bits per heavy atom. The van der Waals surface area contributed by atoms with Crippen LogP contribution in [-0.2, 0) is 4.79 Å². The Hall–Kier alpha value is -0.780. The van der Waals surface area contributed by atoms with Crippen LogP contribution in [0.2, 0.25) is 0 Å². The summed E-state index contributed by atoms with van der Waals surface area (Å²) in [5.74, 6) is -4.06. The lowest BCUT2D eigenvalue weighted by Gasteiger charge is -2.25. The summed E-state index contributed by atoms with van der Waals surface area (Å²) in [4.78, 5) is 12.1. The Bertz CT molecular complexity index is 238. The van der Waals surface area contributed by atoms with Crippen molar-refractivity contribution in [1.82, 2.24) is 4.90 Å². The summed E-state index contributed by atoms with van der Waals surface area (Å²) in [6.45, 7) is 1.78. The van der Waals surface area contributed by atoms with Gasteiger partial charge >= 0.3 is 12.1 Å². The monoisotopic (exact) mass is 225 g/mol. The van der Waals surface area contributed by atoms with Gasteiger partial charge in [-0.2, -0.15) is 13.2 Å². The van der Waals surface area contributed by atoms with Crippen molar-refractivity contribution in [3.05, 3.63) is 0 Å². The molecule has 1 fully saturated rings. The van der Waals surface area contributed by atoms with Crippen molar-refractivity contribution in [2.45, 2.75) is 32.0 Å². The molecule has 0 bridgehead atoms. The number of carbonyl (C=O) groups is 1. The van der Waals surface area contributed by atoms with Crippen LogP contribution in [0.4, 0.5) is 13.2 Å². The van der Waals surface area contributed by atoms with E-state index < -0.39 is 24.6 Å². The molecule has 15 heavy (non-hydrogen) atoms. The normalized spacial score (nSPS) is 19.3. The Balaban J connectivity index is 2.60. The van der Waals surface area contributed by atoms with Gasteiger partial charge in [0.2, 0.25) is 0 Å². The standard InChI is InChI=1S/C9H14F3NO2/c1-2-13(6-3-4-6)5-7(8(14)15)9(10,11)12/h6-7H,2-5H2,1H3,(H,14,15). The first-order valence-electron chi connectivity index (χ1n) is 4.89. The number of carboxylic acids is 1. The van der Waals surface area contributed by atoms with Crippen molar-refractivity contribution >= 4 is 5.97 Å². The van der Waals surface area contributed by atoms with E-state index in [0.717, 1.165) is 12.8 Å². The second kappa shape index (κ2) is 4.38. The van der Waals surface area contributed by atoms with Crippen molar-refractivity contribution in [3.8, 4) is 0 Å².